The standard InChI is InChI=1S/C18H19N3O6S/c1-20(2)16(23)9-19-15(22)11-27-17(24)10-21-13-7-3-5-12-6-4-8-14(18(12)13)28(21,25)26/h3-8H,9-11H2,1-2H3,(H,19,22). The van der Waals surface area contributed by atoms with Crippen LogP contribution in [0.15, 0.2) is 41.3 Å². The van der Waals surface area contributed by atoms with Crippen LogP contribution >= 0.6 is 0 Å². The molecule has 1 aliphatic heterocycles. The average molecular weight is 405 g/mol. The zero-order chi connectivity index (χ0) is 20.5. The van der Waals surface area contributed by atoms with Crippen molar-refractivity contribution in [2.45, 2.75) is 4.90 Å². The number of ether oxygens (including phenoxy) is 1. The number of benzene rings is 2. The molecule has 0 unspecified atom stereocenters. The number of esters is 1. The summed E-state index contributed by atoms with van der Waals surface area (Å²) in [5.41, 5.74) is 0.395. The third-order valence-electron chi connectivity index (χ3n) is 4.25. The van der Waals surface area contributed by atoms with E-state index in [1.165, 1.54) is 11.0 Å². The summed E-state index contributed by atoms with van der Waals surface area (Å²) in [6, 6.07) is 10.0. The zero-order valence-electron chi connectivity index (χ0n) is 15.3. The molecule has 2 amide bonds. The first kappa shape index (κ1) is 19.6. The number of anilines is 1. The Labute approximate surface area is 161 Å². The molecule has 1 aliphatic rings. The Morgan fingerprint density at radius 2 is 1.79 bits per heavy atom. The number of sulfonamides is 1. The van der Waals surface area contributed by atoms with Crippen molar-refractivity contribution in [3.63, 3.8) is 0 Å². The molecule has 28 heavy (non-hydrogen) atoms. The van der Waals surface area contributed by atoms with E-state index in [9.17, 15) is 22.8 Å². The maximum Gasteiger partial charge on any atom is 0.327 e. The molecule has 3 rings (SSSR count). The summed E-state index contributed by atoms with van der Waals surface area (Å²) in [5.74, 6) is -1.84. The highest BCUT2D eigenvalue weighted by atomic mass is 32.2. The molecular formula is C18H19N3O6S. The molecular weight excluding hydrogens is 386 g/mol. The maximum atomic E-state index is 12.8. The van der Waals surface area contributed by atoms with E-state index in [-0.39, 0.29) is 17.3 Å². The van der Waals surface area contributed by atoms with Crippen molar-refractivity contribution < 1.29 is 27.5 Å². The van der Waals surface area contributed by atoms with E-state index < -0.39 is 35.1 Å². The second-order valence-corrected chi connectivity index (χ2v) is 8.20. The van der Waals surface area contributed by atoms with Crippen LogP contribution in [0.3, 0.4) is 0 Å². The van der Waals surface area contributed by atoms with Gasteiger partial charge in [0.1, 0.15) is 6.54 Å². The van der Waals surface area contributed by atoms with Crippen molar-refractivity contribution in [3.05, 3.63) is 36.4 Å². The summed E-state index contributed by atoms with van der Waals surface area (Å²) in [7, 11) is -0.791. The minimum Gasteiger partial charge on any atom is -0.454 e. The van der Waals surface area contributed by atoms with Gasteiger partial charge in [-0.05, 0) is 17.5 Å². The van der Waals surface area contributed by atoms with Gasteiger partial charge in [-0.1, -0.05) is 24.3 Å². The fraction of sp³-hybridized carbons (Fsp3) is 0.278. The van der Waals surface area contributed by atoms with E-state index in [1.54, 1.807) is 44.4 Å². The SMILES string of the molecule is CN(C)C(=O)CNC(=O)COC(=O)CN1c2cccc3cccc(c23)S1(=O)=O. The molecule has 0 saturated carbocycles. The molecule has 0 aliphatic carbocycles. The number of nitrogens with one attached hydrogen (secondary N) is 1. The van der Waals surface area contributed by atoms with Gasteiger partial charge in [-0.25, -0.2) is 8.42 Å². The summed E-state index contributed by atoms with van der Waals surface area (Å²) in [5, 5.41) is 3.62. The summed E-state index contributed by atoms with van der Waals surface area (Å²) < 4.78 is 31.4. The predicted molar refractivity (Wildman–Crippen MR) is 101 cm³/mol. The highest BCUT2D eigenvalue weighted by molar-refractivity contribution is 7.93. The van der Waals surface area contributed by atoms with E-state index in [0.717, 1.165) is 9.69 Å². The molecule has 0 bridgehead atoms. The number of nitrogens with zero attached hydrogens (tertiary/aromatic N) is 2. The Morgan fingerprint density at radius 1 is 1.11 bits per heavy atom. The molecule has 2 aromatic carbocycles. The van der Waals surface area contributed by atoms with E-state index in [2.05, 4.69) is 5.32 Å². The van der Waals surface area contributed by atoms with Gasteiger partial charge in [0.15, 0.2) is 6.61 Å². The highest BCUT2D eigenvalue weighted by Crippen LogP contribution is 2.41. The lowest BCUT2D eigenvalue weighted by atomic mass is 10.1. The fourth-order valence-electron chi connectivity index (χ4n) is 2.82. The monoisotopic (exact) mass is 405 g/mol. The van der Waals surface area contributed by atoms with Crippen molar-refractivity contribution in [2.24, 2.45) is 0 Å². The molecule has 1 heterocycles. The molecule has 9 nitrogen and oxygen atoms in total. The topological polar surface area (TPSA) is 113 Å². The van der Waals surface area contributed by atoms with Gasteiger partial charge in [-0.2, -0.15) is 0 Å². The number of likely N-dealkylation sites (N-methyl/N-ethyl adjacent to an activating group) is 1. The van der Waals surface area contributed by atoms with Crippen molar-refractivity contribution in [1.82, 2.24) is 10.2 Å². The lowest BCUT2D eigenvalue weighted by Crippen LogP contribution is -2.39. The zero-order valence-corrected chi connectivity index (χ0v) is 16.2. The molecule has 2 aromatic rings. The van der Waals surface area contributed by atoms with E-state index in [0.29, 0.717) is 11.1 Å². The van der Waals surface area contributed by atoms with Crippen LogP contribution < -0.4 is 9.62 Å². The first-order valence-corrected chi connectivity index (χ1v) is 9.83. The number of rotatable bonds is 6. The summed E-state index contributed by atoms with van der Waals surface area (Å²) in [6.07, 6.45) is 0. The van der Waals surface area contributed by atoms with Crippen LogP contribution in [0.5, 0.6) is 0 Å². The third-order valence-corrected chi connectivity index (χ3v) is 6.06. The lowest BCUT2D eigenvalue weighted by molar-refractivity contribution is -0.147. The number of carbonyl (C=O) groups excluding carboxylic acids is 3. The first-order chi connectivity index (χ1) is 13.2. The summed E-state index contributed by atoms with van der Waals surface area (Å²) in [4.78, 5) is 36.7. The van der Waals surface area contributed by atoms with Crippen LogP contribution in [-0.2, 0) is 29.1 Å². The number of hydrogen-bond donors (Lipinski definition) is 1. The van der Waals surface area contributed by atoms with Crippen LogP contribution in [0.1, 0.15) is 0 Å². The molecule has 0 aromatic heterocycles. The summed E-state index contributed by atoms with van der Waals surface area (Å²) in [6.45, 7) is -1.38. The van der Waals surface area contributed by atoms with Gasteiger partial charge < -0.3 is 15.0 Å². The Morgan fingerprint density at radius 3 is 2.46 bits per heavy atom. The Kier molecular flexibility index (Phi) is 5.23. The molecule has 0 saturated heterocycles. The second kappa shape index (κ2) is 7.47. The minimum absolute atomic E-state index is 0.133. The van der Waals surface area contributed by atoms with Crippen LogP contribution in [0, 0.1) is 0 Å². The van der Waals surface area contributed by atoms with Crippen molar-refractivity contribution in [1.29, 1.82) is 0 Å². The quantitative estimate of drug-likeness (QED) is 0.682. The van der Waals surface area contributed by atoms with Gasteiger partial charge in [0, 0.05) is 19.5 Å². The molecule has 0 spiro atoms. The maximum absolute atomic E-state index is 12.8. The van der Waals surface area contributed by atoms with Gasteiger partial charge >= 0.3 is 5.97 Å². The predicted octanol–water partition coefficient (Wildman–Crippen LogP) is 0.0961. The summed E-state index contributed by atoms with van der Waals surface area (Å²) >= 11 is 0. The first-order valence-electron chi connectivity index (χ1n) is 8.39. The van der Waals surface area contributed by atoms with Crippen molar-refractivity contribution in [2.75, 3.05) is 38.1 Å². The Balaban J connectivity index is 1.65. The van der Waals surface area contributed by atoms with Gasteiger partial charge in [0.05, 0.1) is 17.1 Å². The molecule has 148 valence electrons. The minimum atomic E-state index is -3.88. The van der Waals surface area contributed by atoms with Gasteiger partial charge in [0.2, 0.25) is 5.91 Å². The van der Waals surface area contributed by atoms with Crippen LogP contribution in [-0.4, -0.2) is 64.9 Å². The molecule has 0 fully saturated rings. The van der Waals surface area contributed by atoms with Crippen LogP contribution in [0.4, 0.5) is 5.69 Å². The van der Waals surface area contributed by atoms with Crippen molar-refractivity contribution >= 4 is 44.3 Å². The van der Waals surface area contributed by atoms with Crippen molar-refractivity contribution in [3.8, 4) is 0 Å². The molecule has 0 atom stereocenters. The average Bonchev–Trinajstić information content (AvgIpc) is 2.87. The van der Waals surface area contributed by atoms with Gasteiger partial charge in [-0.3, -0.25) is 18.7 Å². The van der Waals surface area contributed by atoms with Gasteiger partial charge in [0.25, 0.3) is 15.9 Å². The van der Waals surface area contributed by atoms with E-state index in [4.69, 9.17) is 4.74 Å². The number of hydrogen-bond acceptors (Lipinski definition) is 6. The van der Waals surface area contributed by atoms with Gasteiger partial charge in [-0.15, -0.1) is 0 Å². The lowest BCUT2D eigenvalue weighted by Gasteiger charge is -2.17. The Hall–Kier alpha value is -3.14. The Bertz CT molecular complexity index is 1060. The highest BCUT2D eigenvalue weighted by Gasteiger charge is 2.37. The second-order valence-electron chi connectivity index (χ2n) is 6.37. The van der Waals surface area contributed by atoms with E-state index in [1.807, 2.05) is 0 Å². The number of carbonyl (C=O) groups is 3. The molecule has 0 radical (unpaired) electrons. The van der Waals surface area contributed by atoms with Crippen LogP contribution in [0.25, 0.3) is 10.8 Å². The fourth-order valence-corrected chi connectivity index (χ4v) is 4.48. The normalized spacial score (nSPS) is 14.0. The van der Waals surface area contributed by atoms with E-state index >= 15 is 0 Å². The largest absolute Gasteiger partial charge is 0.454 e. The molecule has 1 N–H and O–H groups in total. The van der Waals surface area contributed by atoms with Crippen LogP contribution in [0.2, 0.25) is 0 Å². The number of amides is 2. The smallest absolute Gasteiger partial charge is 0.327 e. The molecule has 10 heteroatoms. The third kappa shape index (κ3) is 3.63.